The summed E-state index contributed by atoms with van der Waals surface area (Å²) in [5, 5.41) is 0. The Kier molecular flexibility index (Phi) is 7.10. The molecule has 0 fully saturated rings. The van der Waals surface area contributed by atoms with Crippen molar-refractivity contribution < 1.29 is 48.4 Å². The molecule has 0 aliphatic rings. The molecule has 0 spiro atoms. The third kappa shape index (κ3) is 4.33. The zero-order valence-electron chi connectivity index (χ0n) is 18.2. The molecule has 0 bridgehead atoms. The minimum absolute atomic E-state index is 0.531. The van der Waals surface area contributed by atoms with E-state index < -0.39 is 88.6 Å². The second-order valence-corrected chi connectivity index (χ2v) is 10.0. The van der Waals surface area contributed by atoms with Gasteiger partial charge in [0.15, 0.2) is 34.9 Å². The lowest BCUT2D eigenvalue weighted by molar-refractivity contribution is -0.536. The first-order chi connectivity index (χ1) is 16.2. The van der Waals surface area contributed by atoms with Crippen LogP contribution in [0.3, 0.4) is 0 Å². The molecule has 0 amide bonds. The summed E-state index contributed by atoms with van der Waals surface area (Å²) in [7, 11) is -0.531. The topological polar surface area (TPSA) is 3.88 Å². The standard InChI is InChI=1S/C22H15BF10NP/c1-22(2,3)9-35-23(34-7-5-4-6-8-34,10-12(24)16(28)20(32)17(29)13(10)25)11-14(26)18(30)21(33)19(31)15(11)27/h4-9H,1-3H3. The van der Waals surface area contributed by atoms with Crippen LogP contribution in [0, 0.1) is 63.6 Å². The van der Waals surface area contributed by atoms with Gasteiger partial charge in [0, 0.05) is 0 Å². The number of benzene rings is 2. The Morgan fingerprint density at radius 1 is 0.571 bits per heavy atom. The minimum Gasteiger partial charge on any atom is -0.411 e. The summed E-state index contributed by atoms with van der Waals surface area (Å²) in [6.45, 7) is 4.61. The van der Waals surface area contributed by atoms with Gasteiger partial charge >= 0.3 is 6.00 Å². The largest absolute Gasteiger partial charge is 0.411 e. The molecule has 0 saturated carbocycles. The van der Waals surface area contributed by atoms with E-state index in [1.165, 1.54) is 44.8 Å². The van der Waals surface area contributed by atoms with Crippen molar-refractivity contribution in [3.63, 3.8) is 0 Å². The highest BCUT2D eigenvalue weighted by atomic mass is 31.1. The van der Waals surface area contributed by atoms with Gasteiger partial charge in [0.05, 0.1) is 0 Å². The van der Waals surface area contributed by atoms with E-state index in [-0.39, 0.29) is 0 Å². The molecule has 186 valence electrons. The smallest absolute Gasteiger partial charge is 0.389 e. The van der Waals surface area contributed by atoms with Crippen molar-refractivity contribution in [3.8, 4) is 0 Å². The van der Waals surface area contributed by atoms with Crippen LogP contribution < -0.4 is 15.4 Å². The maximum Gasteiger partial charge on any atom is 0.389 e. The fourth-order valence-corrected chi connectivity index (χ4v) is 5.33. The molecule has 3 rings (SSSR count). The van der Waals surface area contributed by atoms with E-state index in [0.717, 1.165) is 12.4 Å². The average Bonchev–Trinajstić information content (AvgIpc) is 2.82. The molecule has 13 heteroatoms. The first-order valence-corrected chi connectivity index (χ1v) is 10.9. The molecule has 0 aliphatic carbocycles. The minimum atomic E-state index is -4.15. The summed E-state index contributed by atoms with van der Waals surface area (Å²) in [5.74, 6) is -23.6. The summed E-state index contributed by atoms with van der Waals surface area (Å²) in [5.41, 5.74) is -4.40. The molecule has 0 saturated heterocycles. The second-order valence-electron chi connectivity index (χ2n) is 8.71. The van der Waals surface area contributed by atoms with E-state index in [4.69, 9.17) is 0 Å². The van der Waals surface area contributed by atoms with Crippen LogP contribution >= 0.6 is 8.08 Å². The number of hydrogen-bond donors (Lipinski definition) is 0. The first-order valence-electron chi connectivity index (χ1n) is 9.88. The number of rotatable bonds is 4. The van der Waals surface area contributed by atoms with Crippen molar-refractivity contribution in [1.82, 2.24) is 0 Å². The van der Waals surface area contributed by atoms with Gasteiger partial charge in [0.25, 0.3) is 0 Å². The third-order valence-electron chi connectivity index (χ3n) is 5.14. The van der Waals surface area contributed by atoms with E-state index in [2.05, 4.69) is 0 Å². The Balaban J connectivity index is 2.75. The van der Waals surface area contributed by atoms with Gasteiger partial charge in [-0.15, -0.1) is 0 Å². The molecule has 0 N–H and O–H groups in total. The van der Waals surface area contributed by atoms with E-state index in [1.807, 2.05) is 0 Å². The number of pyridine rings is 1. The fraction of sp³-hybridized carbons (Fsp3) is 0.182. The highest BCUT2D eigenvalue weighted by Gasteiger charge is 2.51. The molecule has 0 unspecified atom stereocenters. The zero-order valence-corrected chi connectivity index (χ0v) is 19.1. The summed E-state index contributed by atoms with van der Waals surface area (Å²) in [4.78, 5) is 0. The van der Waals surface area contributed by atoms with Crippen molar-refractivity contribution in [2.45, 2.75) is 20.8 Å². The van der Waals surface area contributed by atoms with Crippen molar-refractivity contribution in [2.75, 3.05) is 0 Å². The van der Waals surface area contributed by atoms with Crippen LogP contribution in [0.2, 0.25) is 0 Å². The molecule has 0 aliphatic heterocycles. The monoisotopic (exact) mass is 525 g/mol. The molecule has 1 aromatic heterocycles. The van der Waals surface area contributed by atoms with Crippen LogP contribution in [-0.2, 0) is 0 Å². The molecule has 0 atom stereocenters. The molecule has 1 heterocycles. The van der Waals surface area contributed by atoms with Gasteiger partial charge in [-0.05, 0) is 28.5 Å². The van der Waals surface area contributed by atoms with Crippen molar-refractivity contribution >= 4 is 30.8 Å². The SMILES string of the molecule is CC(C)(C)C=P[B-](c1c(F)c(F)c(F)c(F)c1F)(c1c(F)c(F)c(F)c(F)c1F)[n+]1ccccc1. The van der Waals surface area contributed by atoms with E-state index in [9.17, 15) is 26.3 Å². The second kappa shape index (κ2) is 9.30. The number of nitrogens with zero attached hydrogens (tertiary/aromatic N) is 1. The molecular formula is C22H15BF10NP. The number of aromatic nitrogens is 1. The zero-order chi connectivity index (χ0) is 26.5. The van der Waals surface area contributed by atoms with Gasteiger partial charge < -0.3 is 4.48 Å². The lowest BCUT2D eigenvalue weighted by Crippen LogP contribution is -2.78. The summed E-state index contributed by atoms with van der Waals surface area (Å²) in [6.07, 6.45) is 1.92. The van der Waals surface area contributed by atoms with Gasteiger partial charge in [-0.3, -0.25) is 0 Å². The molecule has 35 heavy (non-hydrogen) atoms. The summed E-state index contributed by atoms with van der Waals surface area (Å²) in [6, 6.07) is -0.436. The van der Waals surface area contributed by atoms with Gasteiger partial charge in [-0.2, -0.15) is 0 Å². The van der Waals surface area contributed by atoms with Crippen LogP contribution in [0.4, 0.5) is 43.9 Å². The highest BCUT2D eigenvalue weighted by molar-refractivity contribution is 7.84. The Bertz CT molecular complexity index is 1210. The van der Waals surface area contributed by atoms with Crippen molar-refractivity contribution in [2.24, 2.45) is 5.41 Å². The van der Waals surface area contributed by atoms with Crippen LogP contribution in [0.25, 0.3) is 0 Å². The average molecular weight is 525 g/mol. The van der Waals surface area contributed by atoms with E-state index in [1.54, 1.807) is 0 Å². The quantitative estimate of drug-likeness (QED) is 0.144. The van der Waals surface area contributed by atoms with Gasteiger partial charge in [-0.25, -0.2) is 52.0 Å². The third-order valence-corrected chi connectivity index (χ3v) is 7.28. The normalized spacial score (nSPS) is 12.6. The lowest BCUT2D eigenvalue weighted by Gasteiger charge is -2.35. The fourth-order valence-electron chi connectivity index (χ4n) is 3.61. The van der Waals surface area contributed by atoms with E-state index in [0.29, 0.717) is 4.48 Å². The Hall–Kier alpha value is -2.88. The van der Waals surface area contributed by atoms with E-state index >= 15 is 17.6 Å². The van der Waals surface area contributed by atoms with Crippen LogP contribution in [-0.4, -0.2) is 11.8 Å². The van der Waals surface area contributed by atoms with Gasteiger partial charge in [0.2, 0.25) is 0 Å². The van der Waals surface area contributed by atoms with Crippen LogP contribution in [0.5, 0.6) is 0 Å². The van der Waals surface area contributed by atoms with Crippen LogP contribution in [0.15, 0.2) is 30.6 Å². The molecule has 2 aromatic carbocycles. The number of halogens is 10. The Morgan fingerprint density at radius 2 is 0.886 bits per heavy atom. The first kappa shape index (κ1) is 26.7. The number of hydrogen-bond acceptors (Lipinski definition) is 0. The molecule has 0 radical (unpaired) electrons. The Morgan fingerprint density at radius 3 is 1.20 bits per heavy atom. The Labute approximate surface area is 194 Å². The van der Waals surface area contributed by atoms with Gasteiger partial charge in [-0.1, -0.05) is 32.6 Å². The van der Waals surface area contributed by atoms with Crippen molar-refractivity contribution in [1.29, 1.82) is 0 Å². The van der Waals surface area contributed by atoms with Crippen molar-refractivity contribution in [3.05, 3.63) is 88.8 Å². The lowest BCUT2D eigenvalue weighted by atomic mass is 9.46. The van der Waals surface area contributed by atoms with Gasteiger partial charge in [0.1, 0.15) is 35.7 Å². The van der Waals surface area contributed by atoms with Crippen LogP contribution in [0.1, 0.15) is 20.8 Å². The summed E-state index contributed by atoms with van der Waals surface area (Å²) < 4.78 is 146. The predicted molar refractivity (Wildman–Crippen MR) is 112 cm³/mol. The molecule has 1 nitrogen and oxygen atoms in total. The highest BCUT2D eigenvalue weighted by Crippen LogP contribution is 2.29. The maximum atomic E-state index is 15.2. The predicted octanol–water partition coefficient (Wildman–Crippen LogP) is 5.26. The molecule has 3 aromatic rings. The summed E-state index contributed by atoms with van der Waals surface area (Å²) >= 11 is 0. The molecular weight excluding hydrogens is 510 g/mol. The maximum absolute atomic E-state index is 15.2.